The van der Waals surface area contributed by atoms with Gasteiger partial charge in [-0.1, -0.05) is 6.07 Å². The van der Waals surface area contributed by atoms with Gasteiger partial charge in [0.15, 0.2) is 18.1 Å². The summed E-state index contributed by atoms with van der Waals surface area (Å²) >= 11 is 0. The van der Waals surface area contributed by atoms with Crippen molar-refractivity contribution in [2.24, 2.45) is 23.2 Å². The monoisotopic (exact) mass is 497 g/mol. The Balaban J connectivity index is 1.19. The van der Waals surface area contributed by atoms with Gasteiger partial charge >= 0.3 is 0 Å². The standard InChI is InChI=1S/C28H39N3O5/c1-3-29-25(32)17-36-23-7-6-18(12-24(23)35-2)16-30-26(33)22-5-4-8-31(22)27(34)28-13-19-9-20(14-28)11-21(10-19)15-28/h6-7,12,19-22H,3-5,8-11,13-17H2,1-2H3,(H,29,32)(H,30,33). The Hall–Kier alpha value is -2.77. The van der Waals surface area contributed by atoms with Crippen LogP contribution in [0.25, 0.3) is 0 Å². The smallest absolute Gasteiger partial charge is 0.257 e. The number of carbonyl (C=O) groups excluding carboxylic acids is 3. The zero-order valence-corrected chi connectivity index (χ0v) is 21.5. The van der Waals surface area contributed by atoms with Crippen molar-refractivity contribution in [3.8, 4) is 11.5 Å². The molecule has 1 unspecified atom stereocenters. The number of ether oxygens (including phenoxy) is 2. The van der Waals surface area contributed by atoms with Gasteiger partial charge < -0.3 is 25.0 Å². The van der Waals surface area contributed by atoms with Crippen molar-refractivity contribution in [3.05, 3.63) is 23.8 Å². The largest absolute Gasteiger partial charge is 0.493 e. The first-order valence-electron chi connectivity index (χ1n) is 13.6. The van der Waals surface area contributed by atoms with Gasteiger partial charge in [0.2, 0.25) is 11.8 Å². The molecule has 1 aromatic carbocycles. The number of hydrogen-bond donors (Lipinski definition) is 2. The summed E-state index contributed by atoms with van der Waals surface area (Å²) in [6, 6.07) is 5.02. The maximum Gasteiger partial charge on any atom is 0.257 e. The Kier molecular flexibility index (Phi) is 7.13. The van der Waals surface area contributed by atoms with Gasteiger partial charge in [0.1, 0.15) is 6.04 Å². The molecule has 4 aliphatic carbocycles. The molecule has 4 saturated carbocycles. The molecule has 196 valence electrons. The maximum atomic E-state index is 13.8. The zero-order valence-electron chi connectivity index (χ0n) is 21.5. The van der Waals surface area contributed by atoms with Gasteiger partial charge in [0.05, 0.1) is 12.5 Å². The average Bonchev–Trinajstić information content (AvgIpc) is 3.35. The molecule has 0 spiro atoms. The summed E-state index contributed by atoms with van der Waals surface area (Å²) in [5.41, 5.74) is 0.650. The van der Waals surface area contributed by atoms with Crippen molar-refractivity contribution in [1.82, 2.24) is 15.5 Å². The fourth-order valence-corrected chi connectivity index (χ4v) is 7.60. The van der Waals surface area contributed by atoms with Crippen LogP contribution in [0.5, 0.6) is 11.5 Å². The van der Waals surface area contributed by atoms with Gasteiger partial charge in [0.25, 0.3) is 5.91 Å². The van der Waals surface area contributed by atoms with Crippen LogP contribution in [0.4, 0.5) is 0 Å². The number of nitrogens with one attached hydrogen (secondary N) is 2. The lowest BCUT2D eigenvalue weighted by Gasteiger charge is -2.56. The predicted molar refractivity (Wildman–Crippen MR) is 134 cm³/mol. The fraction of sp³-hybridized carbons (Fsp3) is 0.679. The van der Waals surface area contributed by atoms with Gasteiger partial charge in [-0.05, 0) is 93.7 Å². The molecule has 1 atom stereocenters. The van der Waals surface area contributed by atoms with Crippen molar-refractivity contribution in [1.29, 1.82) is 0 Å². The minimum Gasteiger partial charge on any atom is -0.493 e. The van der Waals surface area contributed by atoms with Crippen molar-refractivity contribution >= 4 is 17.7 Å². The molecule has 2 N–H and O–H groups in total. The zero-order chi connectivity index (χ0) is 25.3. The number of hydrogen-bond acceptors (Lipinski definition) is 5. The summed E-state index contributed by atoms with van der Waals surface area (Å²) in [6.07, 6.45) is 8.58. The third-order valence-corrected chi connectivity index (χ3v) is 8.74. The molecule has 36 heavy (non-hydrogen) atoms. The average molecular weight is 498 g/mol. The molecule has 3 amide bonds. The number of amides is 3. The molecule has 1 aliphatic heterocycles. The number of benzene rings is 1. The summed E-state index contributed by atoms with van der Waals surface area (Å²) in [6.45, 7) is 3.33. The highest BCUT2D eigenvalue weighted by Crippen LogP contribution is 2.60. The van der Waals surface area contributed by atoms with E-state index in [0.29, 0.717) is 48.9 Å². The Morgan fingerprint density at radius 1 is 1.03 bits per heavy atom. The quantitative estimate of drug-likeness (QED) is 0.547. The van der Waals surface area contributed by atoms with E-state index in [0.717, 1.165) is 37.7 Å². The van der Waals surface area contributed by atoms with Gasteiger partial charge in [-0.3, -0.25) is 14.4 Å². The molecular formula is C28H39N3O5. The number of likely N-dealkylation sites (N-methyl/N-ethyl adjacent to an activating group) is 1. The number of methoxy groups -OCH3 is 1. The third kappa shape index (κ3) is 4.91. The summed E-state index contributed by atoms with van der Waals surface area (Å²) < 4.78 is 11.0. The third-order valence-electron chi connectivity index (χ3n) is 8.74. The minimum atomic E-state index is -0.382. The second-order valence-corrected chi connectivity index (χ2v) is 11.3. The van der Waals surface area contributed by atoms with Crippen molar-refractivity contribution in [3.63, 3.8) is 0 Å². The Morgan fingerprint density at radius 3 is 2.36 bits per heavy atom. The van der Waals surface area contributed by atoms with Crippen molar-refractivity contribution < 1.29 is 23.9 Å². The number of carbonyl (C=O) groups is 3. The molecule has 6 rings (SSSR count). The number of likely N-dealkylation sites (tertiary alicyclic amines) is 1. The Bertz CT molecular complexity index is 974. The van der Waals surface area contributed by atoms with E-state index in [1.165, 1.54) is 19.3 Å². The van der Waals surface area contributed by atoms with Crippen LogP contribution in [0, 0.1) is 23.2 Å². The van der Waals surface area contributed by atoms with E-state index in [9.17, 15) is 14.4 Å². The van der Waals surface area contributed by atoms with E-state index in [-0.39, 0.29) is 35.8 Å². The van der Waals surface area contributed by atoms with Crippen LogP contribution in [-0.4, -0.2) is 55.5 Å². The maximum absolute atomic E-state index is 13.8. The molecule has 8 heteroatoms. The minimum absolute atomic E-state index is 0.0823. The molecular weight excluding hydrogens is 458 g/mol. The van der Waals surface area contributed by atoms with Gasteiger partial charge in [-0.2, -0.15) is 0 Å². The molecule has 5 aliphatic rings. The number of nitrogens with zero attached hydrogens (tertiary/aromatic N) is 1. The first-order chi connectivity index (χ1) is 17.4. The first-order valence-corrected chi connectivity index (χ1v) is 13.6. The molecule has 1 aromatic rings. The second kappa shape index (κ2) is 10.3. The van der Waals surface area contributed by atoms with Crippen LogP contribution in [0.1, 0.15) is 63.9 Å². The van der Waals surface area contributed by atoms with Gasteiger partial charge in [-0.15, -0.1) is 0 Å². The van der Waals surface area contributed by atoms with E-state index in [1.54, 1.807) is 19.2 Å². The van der Waals surface area contributed by atoms with Crippen LogP contribution in [-0.2, 0) is 20.9 Å². The van der Waals surface area contributed by atoms with E-state index in [1.807, 2.05) is 17.9 Å². The summed E-state index contributed by atoms with van der Waals surface area (Å²) in [4.78, 5) is 40.7. The van der Waals surface area contributed by atoms with Gasteiger partial charge in [-0.25, -0.2) is 0 Å². The highest BCUT2D eigenvalue weighted by atomic mass is 16.5. The Morgan fingerprint density at radius 2 is 1.72 bits per heavy atom. The van der Waals surface area contributed by atoms with Crippen molar-refractivity contribution in [2.75, 3.05) is 26.8 Å². The number of rotatable bonds is 9. The van der Waals surface area contributed by atoms with Crippen LogP contribution < -0.4 is 20.1 Å². The molecule has 1 saturated heterocycles. The lowest BCUT2D eigenvalue weighted by atomic mass is 9.49. The summed E-state index contributed by atoms with van der Waals surface area (Å²) in [7, 11) is 1.54. The van der Waals surface area contributed by atoms with Crippen LogP contribution in [0.3, 0.4) is 0 Å². The lowest BCUT2D eigenvalue weighted by molar-refractivity contribution is -0.160. The van der Waals surface area contributed by atoms with E-state index < -0.39 is 0 Å². The van der Waals surface area contributed by atoms with E-state index >= 15 is 0 Å². The van der Waals surface area contributed by atoms with Crippen LogP contribution >= 0.6 is 0 Å². The lowest BCUT2D eigenvalue weighted by Crippen LogP contribution is -2.57. The van der Waals surface area contributed by atoms with Crippen LogP contribution in [0.15, 0.2) is 18.2 Å². The van der Waals surface area contributed by atoms with Gasteiger partial charge in [0, 0.05) is 19.6 Å². The summed E-state index contributed by atoms with van der Waals surface area (Å²) in [5, 5.41) is 5.74. The normalized spacial score (nSPS) is 30.2. The topological polar surface area (TPSA) is 97.0 Å². The summed E-state index contributed by atoms with van der Waals surface area (Å²) in [5.74, 6) is 3.07. The highest BCUT2D eigenvalue weighted by molar-refractivity contribution is 5.91. The Labute approximate surface area is 213 Å². The fourth-order valence-electron chi connectivity index (χ4n) is 7.60. The molecule has 8 nitrogen and oxygen atoms in total. The molecule has 1 heterocycles. The molecule has 5 fully saturated rings. The van der Waals surface area contributed by atoms with E-state index in [4.69, 9.17) is 9.47 Å². The second-order valence-electron chi connectivity index (χ2n) is 11.3. The molecule has 0 aromatic heterocycles. The highest BCUT2D eigenvalue weighted by Gasteiger charge is 2.56. The van der Waals surface area contributed by atoms with Crippen LogP contribution in [0.2, 0.25) is 0 Å². The first kappa shape index (κ1) is 24.9. The molecule has 4 bridgehead atoms. The van der Waals surface area contributed by atoms with Crippen molar-refractivity contribution in [2.45, 2.75) is 70.9 Å². The predicted octanol–water partition coefficient (Wildman–Crippen LogP) is 3.03. The molecule has 0 radical (unpaired) electrons. The van der Waals surface area contributed by atoms with E-state index in [2.05, 4.69) is 10.6 Å². The SMILES string of the molecule is CCNC(=O)COc1ccc(CNC(=O)C2CCCN2C(=O)C23CC4CC(CC(C4)C2)C3)cc1OC.